The minimum absolute atomic E-state index is 0.387. The zero-order valence-corrected chi connectivity index (χ0v) is 13.2. The summed E-state index contributed by atoms with van der Waals surface area (Å²) in [4.78, 5) is 21.3. The first kappa shape index (κ1) is 14.0. The van der Waals surface area contributed by atoms with Crippen molar-refractivity contribution in [3.63, 3.8) is 0 Å². The predicted octanol–water partition coefficient (Wildman–Crippen LogP) is 2.56. The number of carbonyl (C=O) groups is 1. The molecule has 1 aromatic rings. The quantitative estimate of drug-likeness (QED) is 0.860. The Kier molecular flexibility index (Phi) is 3.77. The number of piperazine rings is 1. The van der Waals surface area contributed by atoms with Crippen molar-refractivity contribution in [3.05, 3.63) is 24.4 Å². The Bertz CT molecular complexity index is 524. The van der Waals surface area contributed by atoms with Crippen LogP contribution in [0.3, 0.4) is 0 Å². The first-order valence-electron chi connectivity index (χ1n) is 8.73. The Balaban J connectivity index is 1.29. The minimum Gasteiger partial charge on any atom is -0.353 e. The maximum Gasteiger partial charge on any atom is 0.222 e. The van der Waals surface area contributed by atoms with Gasteiger partial charge in [-0.05, 0) is 49.1 Å². The van der Waals surface area contributed by atoms with Gasteiger partial charge in [-0.3, -0.25) is 4.79 Å². The monoisotopic (exact) mass is 299 g/mol. The summed E-state index contributed by atoms with van der Waals surface area (Å²) < 4.78 is 0. The average Bonchev–Trinajstić information content (AvgIpc) is 3.19. The number of amides is 1. The van der Waals surface area contributed by atoms with Crippen LogP contribution in [0, 0.1) is 17.8 Å². The standard InChI is InChI=1S/C18H25N3O/c22-18(13-16-12-14-4-5-15(16)11-14)21-9-7-20(8-10-21)17-3-1-2-6-19-17/h1-3,6,14-16H,4-5,7-13H2/t14-,15-,16+/m1/s1. The SMILES string of the molecule is O=C(C[C@@H]1C[C@@H]2CC[C@@H]1C2)N1CCN(c2ccccn2)CC1. The van der Waals surface area contributed by atoms with Gasteiger partial charge in [0.1, 0.15) is 5.82 Å². The maximum atomic E-state index is 12.6. The Labute approximate surface area is 132 Å². The number of hydrogen-bond donors (Lipinski definition) is 0. The summed E-state index contributed by atoms with van der Waals surface area (Å²) in [5.41, 5.74) is 0. The highest BCUT2D eigenvalue weighted by molar-refractivity contribution is 5.77. The molecule has 118 valence electrons. The highest BCUT2D eigenvalue weighted by Gasteiger charge is 2.40. The second-order valence-electron chi connectivity index (χ2n) is 7.19. The van der Waals surface area contributed by atoms with Crippen LogP contribution in [0.2, 0.25) is 0 Å². The molecule has 4 rings (SSSR count). The van der Waals surface area contributed by atoms with Gasteiger partial charge in [-0.15, -0.1) is 0 Å². The van der Waals surface area contributed by atoms with E-state index in [0.29, 0.717) is 11.8 Å². The molecule has 1 aliphatic heterocycles. The van der Waals surface area contributed by atoms with Crippen molar-refractivity contribution in [1.82, 2.24) is 9.88 Å². The number of rotatable bonds is 3. The number of fused-ring (bicyclic) bond motifs is 2. The molecule has 2 bridgehead atoms. The van der Waals surface area contributed by atoms with E-state index in [4.69, 9.17) is 0 Å². The summed E-state index contributed by atoms with van der Waals surface area (Å²) in [6, 6.07) is 6.01. The third-order valence-corrected chi connectivity index (χ3v) is 5.93. The van der Waals surface area contributed by atoms with Crippen molar-refractivity contribution < 1.29 is 4.79 Å². The molecule has 2 aliphatic carbocycles. The van der Waals surface area contributed by atoms with E-state index in [2.05, 4.69) is 14.8 Å². The van der Waals surface area contributed by atoms with E-state index in [0.717, 1.165) is 50.3 Å². The van der Waals surface area contributed by atoms with Gasteiger partial charge in [-0.2, -0.15) is 0 Å². The lowest BCUT2D eigenvalue weighted by molar-refractivity contribution is -0.132. The second-order valence-corrected chi connectivity index (χ2v) is 7.19. The van der Waals surface area contributed by atoms with Gasteiger partial charge >= 0.3 is 0 Å². The molecule has 0 N–H and O–H groups in total. The van der Waals surface area contributed by atoms with Crippen LogP contribution in [0.1, 0.15) is 32.1 Å². The van der Waals surface area contributed by atoms with Crippen LogP contribution in [0.5, 0.6) is 0 Å². The largest absolute Gasteiger partial charge is 0.353 e. The molecule has 4 nitrogen and oxygen atoms in total. The number of carbonyl (C=O) groups excluding carboxylic acids is 1. The van der Waals surface area contributed by atoms with E-state index in [1.807, 2.05) is 24.4 Å². The third kappa shape index (κ3) is 2.71. The van der Waals surface area contributed by atoms with Gasteiger partial charge in [0.05, 0.1) is 0 Å². The predicted molar refractivity (Wildman–Crippen MR) is 86.6 cm³/mol. The van der Waals surface area contributed by atoms with Gasteiger partial charge in [-0.25, -0.2) is 4.98 Å². The fraction of sp³-hybridized carbons (Fsp3) is 0.667. The first-order chi connectivity index (χ1) is 10.8. The first-order valence-corrected chi connectivity index (χ1v) is 8.73. The topological polar surface area (TPSA) is 36.4 Å². The number of nitrogens with zero attached hydrogens (tertiary/aromatic N) is 3. The summed E-state index contributed by atoms with van der Waals surface area (Å²) >= 11 is 0. The lowest BCUT2D eigenvalue weighted by Crippen LogP contribution is -2.49. The lowest BCUT2D eigenvalue weighted by atomic mass is 9.86. The van der Waals surface area contributed by atoms with Crippen LogP contribution in [0.25, 0.3) is 0 Å². The maximum absolute atomic E-state index is 12.6. The van der Waals surface area contributed by atoms with Crippen LogP contribution in [-0.2, 0) is 4.79 Å². The number of anilines is 1. The van der Waals surface area contributed by atoms with E-state index < -0.39 is 0 Å². The number of pyridine rings is 1. The van der Waals surface area contributed by atoms with E-state index in [1.54, 1.807) is 0 Å². The van der Waals surface area contributed by atoms with Gasteiger partial charge in [-0.1, -0.05) is 12.5 Å². The van der Waals surface area contributed by atoms with Gasteiger partial charge in [0.25, 0.3) is 0 Å². The molecule has 1 saturated heterocycles. The van der Waals surface area contributed by atoms with Crippen LogP contribution in [0.4, 0.5) is 5.82 Å². The fourth-order valence-electron chi connectivity index (χ4n) is 4.71. The number of aromatic nitrogens is 1. The zero-order chi connectivity index (χ0) is 14.9. The van der Waals surface area contributed by atoms with Crippen LogP contribution in [0.15, 0.2) is 24.4 Å². The molecule has 3 fully saturated rings. The number of hydrogen-bond acceptors (Lipinski definition) is 3. The van der Waals surface area contributed by atoms with Gasteiger partial charge in [0.15, 0.2) is 0 Å². The second kappa shape index (κ2) is 5.90. The molecule has 3 aliphatic rings. The molecule has 2 heterocycles. The third-order valence-electron chi connectivity index (χ3n) is 5.93. The summed E-state index contributed by atoms with van der Waals surface area (Å²) in [6.45, 7) is 3.49. The van der Waals surface area contributed by atoms with E-state index in [-0.39, 0.29) is 0 Å². The van der Waals surface area contributed by atoms with Crippen molar-refractivity contribution in [3.8, 4) is 0 Å². The van der Waals surface area contributed by atoms with Crippen molar-refractivity contribution in [2.45, 2.75) is 32.1 Å². The van der Waals surface area contributed by atoms with Crippen molar-refractivity contribution in [2.75, 3.05) is 31.1 Å². The van der Waals surface area contributed by atoms with Crippen molar-refractivity contribution >= 4 is 11.7 Å². The molecular formula is C18H25N3O. The van der Waals surface area contributed by atoms with E-state index in [1.165, 1.54) is 25.7 Å². The minimum atomic E-state index is 0.387. The zero-order valence-electron chi connectivity index (χ0n) is 13.2. The molecule has 1 amide bonds. The summed E-state index contributed by atoms with van der Waals surface area (Å²) in [6.07, 6.45) is 8.12. The Morgan fingerprint density at radius 3 is 2.64 bits per heavy atom. The molecule has 3 atom stereocenters. The fourth-order valence-corrected chi connectivity index (χ4v) is 4.71. The lowest BCUT2D eigenvalue weighted by Gasteiger charge is -2.36. The molecular weight excluding hydrogens is 274 g/mol. The Hall–Kier alpha value is -1.58. The van der Waals surface area contributed by atoms with Crippen LogP contribution in [-0.4, -0.2) is 42.0 Å². The molecule has 22 heavy (non-hydrogen) atoms. The van der Waals surface area contributed by atoms with Gasteiger partial charge in [0, 0.05) is 38.8 Å². The van der Waals surface area contributed by atoms with E-state index >= 15 is 0 Å². The van der Waals surface area contributed by atoms with E-state index in [9.17, 15) is 4.79 Å². The molecule has 1 aromatic heterocycles. The van der Waals surface area contributed by atoms with Crippen molar-refractivity contribution in [1.29, 1.82) is 0 Å². The summed E-state index contributed by atoms with van der Waals surface area (Å²) in [7, 11) is 0. The van der Waals surface area contributed by atoms with Crippen molar-refractivity contribution in [2.24, 2.45) is 17.8 Å². The highest BCUT2D eigenvalue weighted by Crippen LogP contribution is 2.49. The molecule has 4 heteroatoms. The average molecular weight is 299 g/mol. The van der Waals surface area contributed by atoms with Gasteiger partial charge in [0.2, 0.25) is 5.91 Å². The molecule has 0 aromatic carbocycles. The highest BCUT2D eigenvalue weighted by atomic mass is 16.2. The smallest absolute Gasteiger partial charge is 0.222 e. The summed E-state index contributed by atoms with van der Waals surface area (Å²) in [5, 5.41) is 0. The molecule has 2 saturated carbocycles. The van der Waals surface area contributed by atoms with Crippen LogP contribution < -0.4 is 4.90 Å². The van der Waals surface area contributed by atoms with Gasteiger partial charge < -0.3 is 9.80 Å². The molecule has 0 spiro atoms. The normalized spacial score (nSPS) is 30.8. The molecule has 0 radical (unpaired) electrons. The Morgan fingerprint density at radius 1 is 1.14 bits per heavy atom. The van der Waals surface area contributed by atoms with Crippen LogP contribution >= 0.6 is 0 Å². The summed E-state index contributed by atoms with van der Waals surface area (Å²) in [5.74, 6) is 3.88. The molecule has 0 unspecified atom stereocenters. The Morgan fingerprint density at radius 2 is 2.00 bits per heavy atom.